The van der Waals surface area contributed by atoms with E-state index in [1.54, 1.807) is 0 Å². The zero-order chi connectivity index (χ0) is 17.1. The number of nitrogens with zero attached hydrogens (tertiary/aromatic N) is 1. The lowest BCUT2D eigenvalue weighted by molar-refractivity contribution is -0.116. The second-order valence-electron chi connectivity index (χ2n) is 9.94. The van der Waals surface area contributed by atoms with E-state index in [9.17, 15) is 9.60 Å². The van der Waals surface area contributed by atoms with E-state index in [4.69, 9.17) is 0 Å². The number of rotatable bonds is 1. The Bertz CT molecular complexity index is 534. The van der Waals surface area contributed by atoms with Gasteiger partial charge in [0.25, 0.3) is 0 Å². The standard InChI is InChI=1S/C21H34FNO/c1-13(23-24)17-6-7-18-16-5-4-14-12-15(22)8-10-20(14,2)19(16)9-11-21(17,18)3/h14-19,24H,4-12H2,1-3H3/t14-,15-,16-,17+,18-,19-,20-,21+/m0/s1. The number of hydrogen-bond donors (Lipinski definition) is 1. The van der Waals surface area contributed by atoms with Crippen LogP contribution in [0.5, 0.6) is 0 Å². The molecule has 8 atom stereocenters. The third kappa shape index (κ3) is 2.22. The minimum atomic E-state index is -0.548. The summed E-state index contributed by atoms with van der Waals surface area (Å²) < 4.78 is 14.0. The third-order valence-electron chi connectivity index (χ3n) is 9.26. The van der Waals surface area contributed by atoms with E-state index in [1.165, 1.54) is 38.5 Å². The van der Waals surface area contributed by atoms with Gasteiger partial charge >= 0.3 is 0 Å². The molecule has 0 saturated heterocycles. The molecule has 4 rings (SSSR count). The molecule has 3 heteroatoms. The van der Waals surface area contributed by atoms with Gasteiger partial charge in [0.1, 0.15) is 6.17 Å². The molecule has 4 fully saturated rings. The van der Waals surface area contributed by atoms with Crippen LogP contribution in [-0.4, -0.2) is 17.1 Å². The average Bonchev–Trinajstić information content (AvgIpc) is 2.92. The molecular formula is C21H34FNO. The molecule has 2 nitrogen and oxygen atoms in total. The van der Waals surface area contributed by atoms with Crippen LogP contribution in [0, 0.1) is 40.4 Å². The van der Waals surface area contributed by atoms with Crippen LogP contribution in [0.1, 0.15) is 78.6 Å². The summed E-state index contributed by atoms with van der Waals surface area (Å²) in [4.78, 5) is 0. The van der Waals surface area contributed by atoms with Crippen molar-refractivity contribution in [3.63, 3.8) is 0 Å². The molecule has 0 aromatic heterocycles. The number of halogens is 1. The van der Waals surface area contributed by atoms with Crippen molar-refractivity contribution in [3.05, 3.63) is 0 Å². The Labute approximate surface area is 146 Å². The van der Waals surface area contributed by atoms with Gasteiger partial charge in [-0.1, -0.05) is 19.0 Å². The van der Waals surface area contributed by atoms with E-state index < -0.39 is 6.17 Å². The van der Waals surface area contributed by atoms with E-state index in [-0.39, 0.29) is 0 Å². The van der Waals surface area contributed by atoms with Gasteiger partial charge in [-0.05, 0) is 99.2 Å². The summed E-state index contributed by atoms with van der Waals surface area (Å²) in [5.41, 5.74) is 1.64. The number of oxime groups is 1. The maximum Gasteiger partial charge on any atom is 0.100 e. The quantitative estimate of drug-likeness (QED) is 0.365. The fraction of sp³-hybridized carbons (Fsp3) is 0.952. The molecule has 0 bridgehead atoms. The third-order valence-corrected chi connectivity index (χ3v) is 9.26. The van der Waals surface area contributed by atoms with Crippen LogP contribution in [0.2, 0.25) is 0 Å². The molecule has 4 saturated carbocycles. The Balaban J connectivity index is 1.61. The Morgan fingerprint density at radius 3 is 2.42 bits per heavy atom. The average molecular weight is 336 g/mol. The molecule has 24 heavy (non-hydrogen) atoms. The normalized spacial score (nSPS) is 54.8. The molecule has 0 aromatic rings. The molecule has 0 aromatic carbocycles. The Morgan fingerprint density at radius 1 is 0.958 bits per heavy atom. The van der Waals surface area contributed by atoms with Gasteiger partial charge in [0.2, 0.25) is 0 Å². The van der Waals surface area contributed by atoms with Crippen LogP contribution in [0.3, 0.4) is 0 Å². The van der Waals surface area contributed by atoms with Crippen molar-refractivity contribution in [3.8, 4) is 0 Å². The van der Waals surface area contributed by atoms with E-state index >= 15 is 0 Å². The zero-order valence-corrected chi connectivity index (χ0v) is 15.6. The van der Waals surface area contributed by atoms with Crippen molar-refractivity contribution < 1.29 is 9.60 Å². The molecule has 0 radical (unpaired) electrons. The van der Waals surface area contributed by atoms with Gasteiger partial charge in [0, 0.05) is 5.92 Å². The summed E-state index contributed by atoms with van der Waals surface area (Å²) in [5, 5.41) is 12.9. The Hall–Kier alpha value is -0.600. The number of fused-ring (bicyclic) bond motifs is 5. The number of hydrogen-bond acceptors (Lipinski definition) is 2. The minimum Gasteiger partial charge on any atom is -0.411 e. The summed E-state index contributed by atoms with van der Waals surface area (Å²) in [6.45, 7) is 6.97. The predicted octanol–water partition coefficient (Wildman–Crippen LogP) is 5.83. The predicted molar refractivity (Wildman–Crippen MR) is 95.0 cm³/mol. The maximum atomic E-state index is 14.0. The first-order valence-electron chi connectivity index (χ1n) is 10.2. The van der Waals surface area contributed by atoms with Gasteiger partial charge in [0.05, 0.1) is 5.71 Å². The van der Waals surface area contributed by atoms with Crippen LogP contribution in [0.4, 0.5) is 4.39 Å². The van der Waals surface area contributed by atoms with E-state index in [1.807, 2.05) is 6.92 Å². The van der Waals surface area contributed by atoms with Crippen molar-refractivity contribution in [1.29, 1.82) is 0 Å². The molecule has 4 aliphatic rings. The molecule has 0 aliphatic heterocycles. The second kappa shape index (κ2) is 5.71. The first-order chi connectivity index (χ1) is 11.4. The molecule has 136 valence electrons. The molecular weight excluding hydrogens is 301 g/mol. The molecule has 0 amide bonds. The topological polar surface area (TPSA) is 32.6 Å². The van der Waals surface area contributed by atoms with Crippen LogP contribution in [-0.2, 0) is 0 Å². The van der Waals surface area contributed by atoms with Gasteiger partial charge in [-0.25, -0.2) is 4.39 Å². The molecule has 0 unspecified atom stereocenters. The minimum absolute atomic E-state index is 0.317. The maximum absolute atomic E-state index is 14.0. The van der Waals surface area contributed by atoms with Gasteiger partial charge in [0.15, 0.2) is 0 Å². The van der Waals surface area contributed by atoms with Crippen molar-refractivity contribution >= 4 is 5.71 Å². The van der Waals surface area contributed by atoms with Crippen molar-refractivity contribution in [2.45, 2.75) is 84.7 Å². The molecule has 0 spiro atoms. The Kier molecular flexibility index (Phi) is 4.01. The highest BCUT2D eigenvalue weighted by molar-refractivity contribution is 5.84. The van der Waals surface area contributed by atoms with Crippen molar-refractivity contribution in [2.75, 3.05) is 0 Å². The lowest BCUT2D eigenvalue weighted by Gasteiger charge is -2.60. The second-order valence-corrected chi connectivity index (χ2v) is 9.94. The van der Waals surface area contributed by atoms with Gasteiger partial charge in [-0.15, -0.1) is 0 Å². The monoisotopic (exact) mass is 335 g/mol. The van der Waals surface area contributed by atoms with Gasteiger partial charge in [-0.2, -0.15) is 0 Å². The largest absolute Gasteiger partial charge is 0.411 e. The van der Waals surface area contributed by atoms with E-state index in [0.717, 1.165) is 42.7 Å². The summed E-state index contributed by atoms with van der Waals surface area (Å²) in [6.07, 6.45) is 9.75. The van der Waals surface area contributed by atoms with Crippen molar-refractivity contribution in [2.24, 2.45) is 45.6 Å². The highest BCUT2D eigenvalue weighted by Crippen LogP contribution is 2.67. The Morgan fingerprint density at radius 2 is 1.67 bits per heavy atom. The zero-order valence-electron chi connectivity index (χ0n) is 15.6. The molecule has 0 heterocycles. The molecule has 1 N–H and O–H groups in total. The van der Waals surface area contributed by atoms with Gasteiger partial charge in [-0.3, -0.25) is 0 Å². The summed E-state index contributed by atoms with van der Waals surface area (Å²) in [5.74, 6) is 3.47. The van der Waals surface area contributed by atoms with Crippen LogP contribution in [0.15, 0.2) is 5.16 Å². The first kappa shape index (κ1) is 16.8. The van der Waals surface area contributed by atoms with Gasteiger partial charge < -0.3 is 5.21 Å². The molecule has 4 aliphatic carbocycles. The van der Waals surface area contributed by atoms with Crippen LogP contribution < -0.4 is 0 Å². The van der Waals surface area contributed by atoms with Crippen LogP contribution >= 0.6 is 0 Å². The number of alkyl halides is 1. The first-order valence-corrected chi connectivity index (χ1v) is 10.2. The van der Waals surface area contributed by atoms with E-state index in [2.05, 4.69) is 19.0 Å². The lowest BCUT2D eigenvalue weighted by atomic mass is 9.44. The van der Waals surface area contributed by atoms with Crippen LogP contribution in [0.25, 0.3) is 0 Å². The summed E-state index contributed by atoms with van der Waals surface area (Å²) in [6, 6.07) is 0. The highest BCUT2D eigenvalue weighted by atomic mass is 19.1. The smallest absolute Gasteiger partial charge is 0.100 e. The lowest BCUT2D eigenvalue weighted by Crippen LogP contribution is -2.54. The fourth-order valence-electron chi connectivity index (χ4n) is 7.96. The highest BCUT2D eigenvalue weighted by Gasteiger charge is 2.60. The van der Waals surface area contributed by atoms with E-state index in [0.29, 0.717) is 22.7 Å². The van der Waals surface area contributed by atoms with Crippen molar-refractivity contribution in [1.82, 2.24) is 0 Å². The SMILES string of the molecule is CC(=NO)[C@H]1CC[C@H]2[C@@H]3CC[C@H]4C[C@@H](F)CC[C@]4(C)[C@H]3CC[C@]12C. The summed E-state index contributed by atoms with van der Waals surface area (Å²) in [7, 11) is 0. The fourth-order valence-corrected chi connectivity index (χ4v) is 7.96. The summed E-state index contributed by atoms with van der Waals surface area (Å²) >= 11 is 0.